The standard InChI is InChI=1S/C23H36N4O3/c1-23(2)20(19-7-9-30-21(19)23)26-22(24-3)25-16-6-8-27(14-16)13-15-10-17(28-4)12-18(11-15)29-5/h10-12,16,19-21H,6-9,13-14H2,1-5H3,(H2,24,25,26). The van der Waals surface area contributed by atoms with Crippen molar-refractivity contribution in [2.45, 2.75) is 51.4 Å². The molecule has 7 nitrogen and oxygen atoms in total. The molecule has 2 aliphatic heterocycles. The summed E-state index contributed by atoms with van der Waals surface area (Å²) in [6, 6.07) is 6.89. The largest absolute Gasteiger partial charge is 0.497 e. The molecule has 2 heterocycles. The molecule has 0 radical (unpaired) electrons. The molecule has 0 amide bonds. The minimum atomic E-state index is 0.145. The smallest absolute Gasteiger partial charge is 0.191 e. The second kappa shape index (κ2) is 8.63. The molecule has 3 aliphatic rings. The van der Waals surface area contributed by atoms with Crippen molar-refractivity contribution in [3.63, 3.8) is 0 Å². The van der Waals surface area contributed by atoms with Crippen LogP contribution in [-0.2, 0) is 11.3 Å². The Labute approximate surface area is 180 Å². The van der Waals surface area contributed by atoms with Gasteiger partial charge in [-0.15, -0.1) is 0 Å². The summed E-state index contributed by atoms with van der Waals surface area (Å²) in [6.45, 7) is 8.41. The number of hydrogen-bond donors (Lipinski definition) is 2. The third kappa shape index (κ3) is 4.10. The van der Waals surface area contributed by atoms with E-state index >= 15 is 0 Å². The minimum Gasteiger partial charge on any atom is -0.497 e. The van der Waals surface area contributed by atoms with Crippen LogP contribution in [0.1, 0.15) is 32.3 Å². The van der Waals surface area contributed by atoms with E-state index in [2.05, 4.69) is 46.5 Å². The minimum absolute atomic E-state index is 0.145. The first-order chi connectivity index (χ1) is 14.4. The SMILES string of the molecule is CN=C(NC1CCN(Cc2cc(OC)cc(OC)c2)C1)NC1C2CCOC2C1(C)C. The van der Waals surface area contributed by atoms with E-state index in [1.54, 1.807) is 14.2 Å². The number of hydrogen-bond acceptors (Lipinski definition) is 5. The van der Waals surface area contributed by atoms with Crippen molar-refractivity contribution >= 4 is 5.96 Å². The fourth-order valence-electron chi connectivity index (χ4n) is 5.44. The Balaban J connectivity index is 1.31. The average Bonchev–Trinajstić information content (AvgIpc) is 3.38. The van der Waals surface area contributed by atoms with Crippen LogP contribution in [0.15, 0.2) is 23.2 Å². The lowest BCUT2D eigenvalue weighted by atomic mass is 9.57. The van der Waals surface area contributed by atoms with Gasteiger partial charge in [-0.25, -0.2) is 0 Å². The Kier molecular flexibility index (Phi) is 6.11. The summed E-state index contributed by atoms with van der Waals surface area (Å²) in [5, 5.41) is 7.34. The molecule has 2 N–H and O–H groups in total. The lowest BCUT2D eigenvalue weighted by Gasteiger charge is -2.55. The van der Waals surface area contributed by atoms with Crippen LogP contribution in [0.2, 0.25) is 0 Å². The number of likely N-dealkylation sites (tertiary alicyclic amines) is 1. The van der Waals surface area contributed by atoms with Gasteiger partial charge in [0, 0.05) is 62.8 Å². The molecule has 166 valence electrons. The lowest BCUT2D eigenvalue weighted by molar-refractivity contribution is -0.106. The quantitative estimate of drug-likeness (QED) is 0.548. The van der Waals surface area contributed by atoms with E-state index in [1.165, 1.54) is 5.56 Å². The van der Waals surface area contributed by atoms with Crippen LogP contribution in [0, 0.1) is 11.3 Å². The van der Waals surface area contributed by atoms with Gasteiger partial charge in [0.1, 0.15) is 11.5 Å². The van der Waals surface area contributed by atoms with Gasteiger partial charge in [-0.05, 0) is 30.5 Å². The number of rotatable bonds is 6. The van der Waals surface area contributed by atoms with Crippen molar-refractivity contribution in [3.05, 3.63) is 23.8 Å². The number of benzene rings is 1. The van der Waals surface area contributed by atoms with Gasteiger partial charge in [-0.3, -0.25) is 9.89 Å². The van der Waals surface area contributed by atoms with Crippen molar-refractivity contribution in [2.75, 3.05) is 41.0 Å². The molecule has 1 aromatic rings. The summed E-state index contributed by atoms with van der Waals surface area (Å²) in [6.07, 6.45) is 2.63. The second-order valence-corrected chi connectivity index (χ2v) is 9.35. The number of fused-ring (bicyclic) bond motifs is 1. The van der Waals surface area contributed by atoms with Gasteiger partial charge >= 0.3 is 0 Å². The van der Waals surface area contributed by atoms with Crippen molar-refractivity contribution in [3.8, 4) is 11.5 Å². The summed E-state index contributed by atoms with van der Waals surface area (Å²) in [4.78, 5) is 6.98. The summed E-state index contributed by atoms with van der Waals surface area (Å²) in [5.41, 5.74) is 1.35. The topological polar surface area (TPSA) is 67.4 Å². The first kappa shape index (κ1) is 21.2. The van der Waals surface area contributed by atoms with Crippen LogP contribution >= 0.6 is 0 Å². The third-order valence-corrected chi connectivity index (χ3v) is 7.05. The maximum absolute atomic E-state index is 5.92. The van der Waals surface area contributed by atoms with E-state index in [1.807, 2.05) is 13.1 Å². The number of aliphatic imine (C=N–C) groups is 1. The normalized spacial score (nSPS) is 30.5. The molecule has 0 bridgehead atoms. The first-order valence-electron chi connectivity index (χ1n) is 11.0. The Bertz CT molecular complexity index is 759. The van der Waals surface area contributed by atoms with E-state index in [9.17, 15) is 0 Å². The molecule has 1 aromatic carbocycles. The predicted molar refractivity (Wildman–Crippen MR) is 118 cm³/mol. The van der Waals surface area contributed by atoms with Crippen LogP contribution in [0.5, 0.6) is 11.5 Å². The van der Waals surface area contributed by atoms with E-state index in [4.69, 9.17) is 14.2 Å². The Morgan fingerprint density at radius 1 is 1.17 bits per heavy atom. The third-order valence-electron chi connectivity index (χ3n) is 7.05. The fraction of sp³-hybridized carbons (Fsp3) is 0.696. The van der Waals surface area contributed by atoms with Crippen molar-refractivity contribution < 1.29 is 14.2 Å². The zero-order chi connectivity index (χ0) is 21.3. The monoisotopic (exact) mass is 416 g/mol. The zero-order valence-electron chi connectivity index (χ0n) is 18.9. The number of guanidine groups is 1. The molecule has 4 unspecified atom stereocenters. The molecule has 30 heavy (non-hydrogen) atoms. The van der Waals surface area contributed by atoms with Gasteiger partial charge < -0.3 is 24.8 Å². The van der Waals surface area contributed by atoms with Gasteiger partial charge in [0.25, 0.3) is 0 Å². The Hall–Kier alpha value is -1.99. The highest BCUT2D eigenvalue weighted by Crippen LogP contribution is 2.52. The fourth-order valence-corrected chi connectivity index (χ4v) is 5.44. The van der Waals surface area contributed by atoms with Gasteiger partial charge in [0.15, 0.2) is 5.96 Å². The molecular weight excluding hydrogens is 380 g/mol. The first-order valence-corrected chi connectivity index (χ1v) is 11.0. The Morgan fingerprint density at radius 3 is 2.57 bits per heavy atom. The van der Waals surface area contributed by atoms with Crippen molar-refractivity contribution in [1.82, 2.24) is 15.5 Å². The molecule has 0 spiro atoms. The summed E-state index contributed by atoms with van der Waals surface area (Å²) >= 11 is 0. The maximum atomic E-state index is 5.92. The van der Waals surface area contributed by atoms with Crippen LogP contribution < -0.4 is 20.1 Å². The summed E-state index contributed by atoms with van der Waals surface area (Å²) < 4.78 is 16.7. The summed E-state index contributed by atoms with van der Waals surface area (Å²) in [5.74, 6) is 3.18. The molecule has 4 rings (SSSR count). The van der Waals surface area contributed by atoms with Crippen molar-refractivity contribution in [1.29, 1.82) is 0 Å². The highest BCUT2D eigenvalue weighted by Gasteiger charge is 2.59. The van der Waals surface area contributed by atoms with Crippen LogP contribution in [0.4, 0.5) is 0 Å². The van der Waals surface area contributed by atoms with Gasteiger partial charge in [0.2, 0.25) is 0 Å². The zero-order valence-corrected chi connectivity index (χ0v) is 18.9. The summed E-state index contributed by atoms with van der Waals surface area (Å²) in [7, 11) is 5.24. The highest BCUT2D eigenvalue weighted by molar-refractivity contribution is 5.80. The van der Waals surface area contributed by atoms with Crippen LogP contribution in [0.25, 0.3) is 0 Å². The number of ether oxygens (including phenoxy) is 3. The molecule has 7 heteroatoms. The van der Waals surface area contributed by atoms with Gasteiger partial charge in [-0.1, -0.05) is 13.8 Å². The van der Waals surface area contributed by atoms with Gasteiger partial charge in [-0.2, -0.15) is 0 Å². The molecule has 1 aliphatic carbocycles. The van der Waals surface area contributed by atoms with Crippen LogP contribution in [0.3, 0.4) is 0 Å². The lowest BCUT2D eigenvalue weighted by Crippen LogP contribution is -2.68. The number of methoxy groups -OCH3 is 2. The van der Waals surface area contributed by atoms with E-state index in [-0.39, 0.29) is 5.41 Å². The molecule has 1 saturated carbocycles. The average molecular weight is 417 g/mol. The number of nitrogens with one attached hydrogen (secondary N) is 2. The van der Waals surface area contributed by atoms with E-state index in [0.717, 1.165) is 56.5 Å². The van der Waals surface area contributed by atoms with Gasteiger partial charge in [0.05, 0.1) is 20.3 Å². The van der Waals surface area contributed by atoms with E-state index < -0.39 is 0 Å². The van der Waals surface area contributed by atoms with Crippen molar-refractivity contribution in [2.24, 2.45) is 16.3 Å². The predicted octanol–water partition coefficient (Wildman–Crippen LogP) is 2.26. The molecular formula is C23H36N4O3. The molecule has 3 fully saturated rings. The second-order valence-electron chi connectivity index (χ2n) is 9.35. The molecule has 4 atom stereocenters. The maximum Gasteiger partial charge on any atom is 0.191 e. The number of nitrogens with zero attached hydrogens (tertiary/aromatic N) is 2. The van der Waals surface area contributed by atoms with Crippen LogP contribution in [-0.4, -0.2) is 70.0 Å². The molecule has 2 saturated heterocycles. The highest BCUT2D eigenvalue weighted by atomic mass is 16.5. The molecule has 0 aromatic heterocycles. The Morgan fingerprint density at radius 2 is 1.90 bits per heavy atom. The van der Waals surface area contributed by atoms with E-state index in [0.29, 0.717) is 24.1 Å².